The van der Waals surface area contributed by atoms with E-state index >= 15 is 0 Å². The summed E-state index contributed by atoms with van der Waals surface area (Å²) in [7, 11) is -3.82. The quantitative estimate of drug-likeness (QED) is 0.397. The molecule has 2 saturated heterocycles. The van der Waals surface area contributed by atoms with E-state index in [4.69, 9.17) is 17.3 Å². The Hall–Kier alpha value is -2.92. The molecule has 39 heavy (non-hydrogen) atoms. The van der Waals surface area contributed by atoms with Crippen LogP contribution in [0.5, 0.6) is 0 Å². The average Bonchev–Trinajstić information content (AvgIpc) is 3.33. The van der Waals surface area contributed by atoms with Crippen LogP contribution < -0.4 is 10.6 Å². The maximum absolute atomic E-state index is 13.6. The molecule has 2 fully saturated rings. The third kappa shape index (κ3) is 5.70. The van der Waals surface area contributed by atoms with Crippen molar-refractivity contribution in [2.75, 3.05) is 44.2 Å². The van der Waals surface area contributed by atoms with E-state index in [-0.39, 0.29) is 19.0 Å². The lowest BCUT2D eigenvalue weighted by molar-refractivity contribution is -0.134. The molecule has 5 rings (SSSR count). The summed E-state index contributed by atoms with van der Waals surface area (Å²) < 4.78 is 29.3. The number of carbonyl (C=O) groups excluding carboxylic acids is 2. The molecule has 3 aromatic rings. The van der Waals surface area contributed by atoms with Crippen molar-refractivity contribution in [2.24, 2.45) is 11.7 Å². The Kier molecular flexibility index (Phi) is 8.00. The number of benzene rings is 2. The second kappa shape index (κ2) is 11.3. The van der Waals surface area contributed by atoms with Gasteiger partial charge in [-0.1, -0.05) is 35.9 Å². The summed E-state index contributed by atoms with van der Waals surface area (Å²) >= 11 is 7.48. The minimum absolute atomic E-state index is 0.172. The summed E-state index contributed by atoms with van der Waals surface area (Å²) in [4.78, 5) is 29.5. The van der Waals surface area contributed by atoms with Gasteiger partial charge in [0.2, 0.25) is 15.9 Å². The molecule has 2 aromatic carbocycles. The molecule has 3 heterocycles. The molecule has 8 nitrogen and oxygen atoms in total. The summed E-state index contributed by atoms with van der Waals surface area (Å²) in [5.74, 6) is -0.320. The Morgan fingerprint density at radius 2 is 1.87 bits per heavy atom. The van der Waals surface area contributed by atoms with Gasteiger partial charge in [0.25, 0.3) is 5.91 Å². The van der Waals surface area contributed by atoms with Gasteiger partial charge in [0.15, 0.2) is 0 Å². The molecule has 0 saturated carbocycles. The van der Waals surface area contributed by atoms with Gasteiger partial charge in [-0.3, -0.25) is 9.59 Å². The number of thiophene rings is 1. The van der Waals surface area contributed by atoms with Crippen molar-refractivity contribution in [3.05, 3.63) is 76.6 Å². The van der Waals surface area contributed by atoms with Crippen LogP contribution in [0.25, 0.3) is 10.1 Å². The Morgan fingerprint density at radius 1 is 1.13 bits per heavy atom. The topological polar surface area (TPSA) is 104 Å². The molecule has 1 unspecified atom stereocenters. The number of piperazine rings is 1. The summed E-state index contributed by atoms with van der Waals surface area (Å²) in [6.45, 7) is 6.35. The third-order valence-electron chi connectivity index (χ3n) is 7.56. The van der Waals surface area contributed by atoms with E-state index in [1.807, 2.05) is 30.3 Å². The van der Waals surface area contributed by atoms with E-state index in [2.05, 4.69) is 11.5 Å². The maximum atomic E-state index is 13.6. The SMILES string of the molecule is C=CC(c1cc2ccc(Cl)cc2s1)S(=O)(=O)N1CCN(CC2CCN(c3ccccc3C(N)=O)CC2)C(=O)C1. The molecule has 1 aromatic heterocycles. The van der Waals surface area contributed by atoms with Crippen molar-refractivity contribution >= 4 is 60.5 Å². The maximum Gasteiger partial charge on any atom is 0.250 e. The van der Waals surface area contributed by atoms with Crippen molar-refractivity contribution in [2.45, 2.75) is 18.1 Å². The first kappa shape index (κ1) is 27.6. The van der Waals surface area contributed by atoms with Gasteiger partial charge in [0, 0.05) is 53.0 Å². The normalized spacial score (nSPS) is 18.4. The van der Waals surface area contributed by atoms with Gasteiger partial charge in [0.05, 0.1) is 12.1 Å². The lowest BCUT2D eigenvalue weighted by atomic mass is 9.95. The monoisotopic (exact) mass is 586 g/mol. The van der Waals surface area contributed by atoms with Crippen LogP contribution in [0, 0.1) is 5.92 Å². The summed E-state index contributed by atoms with van der Waals surface area (Å²) in [6, 6.07) is 14.7. The third-order valence-corrected chi connectivity index (χ3v) is 11.2. The second-order valence-corrected chi connectivity index (χ2v) is 13.6. The number of rotatable bonds is 8. The van der Waals surface area contributed by atoms with Crippen LogP contribution in [-0.4, -0.2) is 68.7 Å². The Balaban J connectivity index is 1.20. The number of carbonyl (C=O) groups is 2. The predicted molar refractivity (Wildman–Crippen MR) is 157 cm³/mol. The van der Waals surface area contributed by atoms with Gasteiger partial charge in [-0.15, -0.1) is 17.9 Å². The molecule has 0 bridgehead atoms. The zero-order valence-corrected chi connectivity index (χ0v) is 23.9. The number of amides is 2. The molecule has 2 amide bonds. The first-order valence-corrected chi connectivity index (χ1v) is 15.6. The number of halogens is 1. The Labute approximate surface area is 237 Å². The molecule has 2 N–H and O–H groups in total. The van der Waals surface area contributed by atoms with Gasteiger partial charge in [-0.25, -0.2) is 8.42 Å². The van der Waals surface area contributed by atoms with E-state index in [1.165, 1.54) is 21.7 Å². The predicted octanol–water partition coefficient (Wildman–Crippen LogP) is 4.27. The number of primary amides is 1. The lowest BCUT2D eigenvalue weighted by Gasteiger charge is -2.39. The van der Waals surface area contributed by atoms with Crippen molar-refractivity contribution < 1.29 is 18.0 Å². The lowest BCUT2D eigenvalue weighted by Crippen LogP contribution is -2.54. The van der Waals surface area contributed by atoms with Crippen molar-refractivity contribution in [1.29, 1.82) is 0 Å². The van der Waals surface area contributed by atoms with E-state index in [0.717, 1.165) is 41.7 Å². The fourth-order valence-electron chi connectivity index (χ4n) is 5.43. The van der Waals surface area contributed by atoms with Gasteiger partial charge >= 0.3 is 0 Å². The molecule has 0 spiro atoms. The zero-order valence-electron chi connectivity index (χ0n) is 21.5. The van der Waals surface area contributed by atoms with Crippen LogP contribution in [0.2, 0.25) is 5.02 Å². The first-order valence-electron chi connectivity index (χ1n) is 12.9. The molecule has 0 aliphatic carbocycles. The Bertz CT molecular complexity index is 1510. The first-order chi connectivity index (χ1) is 18.7. The number of hydrogen-bond donors (Lipinski definition) is 1. The van der Waals surface area contributed by atoms with Crippen LogP contribution in [0.3, 0.4) is 0 Å². The number of nitrogens with two attached hydrogens (primary N) is 1. The fraction of sp³-hybridized carbons (Fsp3) is 0.357. The van der Waals surface area contributed by atoms with Crippen LogP contribution in [0.1, 0.15) is 33.3 Å². The largest absolute Gasteiger partial charge is 0.371 e. The van der Waals surface area contributed by atoms with E-state index < -0.39 is 21.2 Å². The highest BCUT2D eigenvalue weighted by Gasteiger charge is 2.38. The number of hydrogen-bond acceptors (Lipinski definition) is 6. The highest BCUT2D eigenvalue weighted by atomic mass is 35.5. The highest BCUT2D eigenvalue weighted by molar-refractivity contribution is 7.89. The fourth-order valence-corrected chi connectivity index (χ4v) is 8.82. The van der Waals surface area contributed by atoms with Gasteiger partial charge in [-0.05, 0) is 54.5 Å². The molecular formula is C28H31ClN4O4S2. The van der Waals surface area contributed by atoms with E-state index in [9.17, 15) is 18.0 Å². The average molecular weight is 587 g/mol. The minimum Gasteiger partial charge on any atom is -0.371 e. The molecule has 0 radical (unpaired) electrons. The smallest absolute Gasteiger partial charge is 0.250 e. The summed E-state index contributed by atoms with van der Waals surface area (Å²) in [6.07, 6.45) is 3.17. The van der Waals surface area contributed by atoms with Crippen LogP contribution >= 0.6 is 22.9 Å². The van der Waals surface area contributed by atoms with E-state index in [1.54, 1.807) is 23.1 Å². The number of nitrogens with zero attached hydrogens (tertiary/aromatic N) is 3. The molecular weight excluding hydrogens is 556 g/mol. The zero-order chi connectivity index (χ0) is 27.7. The standard InChI is InChI=1S/C28H31ClN4O4S2/c1-2-26(25-15-20-7-8-21(29)16-24(20)38-25)39(36,37)33-14-13-32(27(34)18-33)17-19-9-11-31(12-10-19)23-6-4-3-5-22(23)28(30)35/h2-8,15-16,19,26H,1,9-14,17-18H2,(H2,30,35). The Morgan fingerprint density at radius 3 is 2.56 bits per heavy atom. The van der Waals surface area contributed by atoms with Gasteiger partial charge in [-0.2, -0.15) is 4.31 Å². The van der Waals surface area contributed by atoms with Crippen LogP contribution in [0.4, 0.5) is 5.69 Å². The molecule has 2 aliphatic heterocycles. The second-order valence-electron chi connectivity index (χ2n) is 10.0. The number of anilines is 1. The van der Waals surface area contributed by atoms with Crippen LogP contribution in [0.15, 0.2) is 61.2 Å². The van der Waals surface area contributed by atoms with Gasteiger partial charge in [0.1, 0.15) is 5.25 Å². The molecule has 1 atom stereocenters. The number of sulfonamides is 1. The molecule has 11 heteroatoms. The number of fused-ring (bicyclic) bond motifs is 1. The van der Waals surface area contributed by atoms with E-state index in [0.29, 0.717) is 34.5 Å². The number of para-hydroxylation sites is 1. The van der Waals surface area contributed by atoms with Crippen molar-refractivity contribution in [3.8, 4) is 0 Å². The van der Waals surface area contributed by atoms with Gasteiger partial charge < -0.3 is 15.5 Å². The molecule has 2 aliphatic rings. The highest BCUT2D eigenvalue weighted by Crippen LogP contribution is 2.37. The summed E-state index contributed by atoms with van der Waals surface area (Å²) in [5.41, 5.74) is 6.91. The minimum atomic E-state index is -3.82. The number of piperidine rings is 1. The van der Waals surface area contributed by atoms with Crippen molar-refractivity contribution in [3.63, 3.8) is 0 Å². The van der Waals surface area contributed by atoms with Crippen LogP contribution in [-0.2, 0) is 14.8 Å². The van der Waals surface area contributed by atoms with Crippen molar-refractivity contribution in [1.82, 2.24) is 9.21 Å². The molecule has 206 valence electrons. The summed E-state index contributed by atoms with van der Waals surface area (Å²) in [5, 5.41) is 0.587.